The molecule has 2 aromatic heterocycles. The number of rotatable bonds is 3. The van der Waals surface area contributed by atoms with E-state index in [2.05, 4.69) is 15.3 Å². The van der Waals surface area contributed by atoms with Crippen LogP contribution < -0.4 is 21.3 Å². The number of hydrogen-bond donors (Lipinski definition) is 3. The molecular weight excluding hydrogens is 428 g/mol. The van der Waals surface area contributed by atoms with Crippen LogP contribution in [0, 0.1) is 13.8 Å². The van der Waals surface area contributed by atoms with Gasteiger partial charge in [0.2, 0.25) is 11.5 Å². The number of halogens is 1. The lowest BCUT2D eigenvalue weighted by atomic mass is 10.1. The highest BCUT2D eigenvalue weighted by molar-refractivity contribution is 5.95. The van der Waals surface area contributed by atoms with Crippen molar-refractivity contribution in [2.75, 3.05) is 18.5 Å². The van der Waals surface area contributed by atoms with Gasteiger partial charge in [0.15, 0.2) is 6.61 Å². The van der Waals surface area contributed by atoms with E-state index in [0.29, 0.717) is 29.1 Å². The first-order chi connectivity index (χ1) is 14.3. The molecule has 0 radical (unpaired) electrons. The Balaban J connectivity index is 0.000000220. The van der Waals surface area contributed by atoms with Crippen molar-refractivity contribution in [1.82, 2.24) is 9.97 Å². The smallest absolute Gasteiger partial charge is 0.374 e. The summed E-state index contributed by atoms with van der Waals surface area (Å²) < 4.78 is 15.2. The molecule has 3 aromatic rings. The molecule has 4 N–H and O–H groups in total. The standard InChI is InChI=1S/C11H12N2O4.C9H10N2O2.ClH/c1-4-16-11(15)8-12-9(14)7-5(2)6(3)17-10(7)13-8;10-4-6-1-2-8-7(3-6)11-9(12)5-13-8;/h4H2,1-3H3,(H,12,13,14);1-3H,4-5,10H2,(H,11,12);1H. The number of carbonyl (C=O) groups is 2. The zero-order valence-electron chi connectivity index (χ0n) is 17.2. The van der Waals surface area contributed by atoms with Gasteiger partial charge in [-0.1, -0.05) is 6.07 Å². The fourth-order valence-electron chi connectivity index (χ4n) is 2.81. The van der Waals surface area contributed by atoms with Gasteiger partial charge in [-0.2, -0.15) is 4.98 Å². The molecule has 0 aliphatic carbocycles. The van der Waals surface area contributed by atoms with Gasteiger partial charge in [-0.15, -0.1) is 12.4 Å². The summed E-state index contributed by atoms with van der Waals surface area (Å²) in [5.74, 6) is 0.383. The number of amides is 1. The summed E-state index contributed by atoms with van der Waals surface area (Å²) in [6, 6.07) is 5.53. The first-order valence-corrected chi connectivity index (χ1v) is 9.26. The second-order valence-corrected chi connectivity index (χ2v) is 6.47. The normalized spacial score (nSPS) is 11.9. The van der Waals surface area contributed by atoms with Gasteiger partial charge in [0.05, 0.1) is 12.3 Å². The summed E-state index contributed by atoms with van der Waals surface area (Å²) in [6.07, 6.45) is 0. The maximum atomic E-state index is 11.8. The lowest BCUT2D eigenvalue weighted by molar-refractivity contribution is -0.118. The van der Waals surface area contributed by atoms with Crippen molar-refractivity contribution in [2.45, 2.75) is 27.3 Å². The van der Waals surface area contributed by atoms with Crippen LogP contribution in [0.25, 0.3) is 11.1 Å². The third-order valence-electron chi connectivity index (χ3n) is 4.42. The number of nitrogens with two attached hydrogens (primary N) is 1. The molecule has 1 aromatic carbocycles. The Morgan fingerprint density at radius 2 is 2.03 bits per heavy atom. The predicted octanol–water partition coefficient (Wildman–Crippen LogP) is 2.21. The number of furan rings is 1. The molecule has 0 atom stereocenters. The molecule has 3 heterocycles. The molecule has 0 saturated heterocycles. The number of H-pyrrole nitrogens is 1. The zero-order valence-corrected chi connectivity index (χ0v) is 18.1. The van der Waals surface area contributed by atoms with Crippen LogP contribution in [0.5, 0.6) is 5.75 Å². The zero-order chi connectivity index (χ0) is 21.8. The Hall–Kier alpha value is -3.37. The molecule has 166 valence electrons. The van der Waals surface area contributed by atoms with Gasteiger partial charge in [-0.3, -0.25) is 9.59 Å². The van der Waals surface area contributed by atoms with Crippen molar-refractivity contribution in [3.63, 3.8) is 0 Å². The average molecular weight is 451 g/mol. The third-order valence-corrected chi connectivity index (χ3v) is 4.42. The largest absolute Gasteiger partial charge is 0.482 e. The summed E-state index contributed by atoms with van der Waals surface area (Å²) in [7, 11) is 0. The highest BCUT2D eigenvalue weighted by Gasteiger charge is 2.17. The minimum atomic E-state index is -0.668. The molecule has 0 fully saturated rings. The van der Waals surface area contributed by atoms with E-state index in [1.807, 2.05) is 18.2 Å². The SMILES string of the molecule is CCOC(=O)c1nc2oc(C)c(C)c2c(=O)[nH]1.Cl.NCc1ccc2c(c1)NC(=O)CO2. The summed E-state index contributed by atoms with van der Waals surface area (Å²) in [6.45, 7) is 5.95. The Morgan fingerprint density at radius 3 is 2.71 bits per heavy atom. The van der Waals surface area contributed by atoms with Crippen molar-refractivity contribution in [3.8, 4) is 5.75 Å². The number of carbonyl (C=O) groups excluding carboxylic acids is 2. The van der Waals surface area contributed by atoms with Gasteiger partial charge in [0.1, 0.15) is 16.9 Å². The van der Waals surface area contributed by atoms with Crippen LogP contribution in [0.3, 0.4) is 0 Å². The van der Waals surface area contributed by atoms with E-state index in [4.69, 9.17) is 19.6 Å². The molecule has 0 bridgehead atoms. The molecule has 4 rings (SSSR count). The molecule has 10 nitrogen and oxygen atoms in total. The average Bonchev–Trinajstić information content (AvgIpc) is 3.02. The van der Waals surface area contributed by atoms with Gasteiger partial charge in [-0.25, -0.2) is 4.79 Å². The van der Waals surface area contributed by atoms with Gasteiger partial charge in [-0.05, 0) is 38.5 Å². The van der Waals surface area contributed by atoms with Gasteiger partial charge >= 0.3 is 5.97 Å². The van der Waals surface area contributed by atoms with Crippen LogP contribution in [-0.4, -0.2) is 35.1 Å². The number of nitrogens with one attached hydrogen (secondary N) is 2. The predicted molar refractivity (Wildman–Crippen MR) is 116 cm³/mol. The number of aromatic amines is 1. The number of anilines is 1. The molecule has 1 aliphatic rings. The molecule has 31 heavy (non-hydrogen) atoms. The fraction of sp³-hybridized carbons (Fsp3) is 0.300. The number of benzene rings is 1. The number of fused-ring (bicyclic) bond motifs is 2. The van der Waals surface area contributed by atoms with Crippen LogP contribution in [0.4, 0.5) is 5.69 Å². The summed E-state index contributed by atoms with van der Waals surface area (Å²) in [5.41, 5.74) is 7.64. The number of hydrogen-bond acceptors (Lipinski definition) is 8. The summed E-state index contributed by atoms with van der Waals surface area (Å²) >= 11 is 0. The number of aryl methyl sites for hydroxylation is 2. The Morgan fingerprint density at radius 1 is 1.29 bits per heavy atom. The molecule has 1 amide bonds. The Kier molecular flexibility index (Phi) is 7.78. The fourth-order valence-corrected chi connectivity index (χ4v) is 2.81. The minimum Gasteiger partial charge on any atom is -0.482 e. The van der Waals surface area contributed by atoms with Crippen molar-refractivity contribution < 1.29 is 23.5 Å². The van der Waals surface area contributed by atoms with E-state index in [-0.39, 0.29) is 43.1 Å². The third kappa shape index (κ3) is 5.22. The van der Waals surface area contributed by atoms with Gasteiger partial charge < -0.3 is 29.9 Å². The number of ether oxygens (including phenoxy) is 2. The van der Waals surface area contributed by atoms with Crippen LogP contribution >= 0.6 is 12.4 Å². The second-order valence-electron chi connectivity index (χ2n) is 6.47. The quantitative estimate of drug-likeness (QED) is 0.514. The lowest BCUT2D eigenvalue weighted by Crippen LogP contribution is -2.25. The molecule has 0 spiro atoms. The molecular formula is C20H23ClN4O6. The van der Waals surface area contributed by atoms with Gasteiger partial charge in [0.25, 0.3) is 11.5 Å². The van der Waals surface area contributed by atoms with Crippen LogP contribution in [0.15, 0.2) is 27.4 Å². The second kappa shape index (κ2) is 10.1. The van der Waals surface area contributed by atoms with E-state index in [1.165, 1.54) is 0 Å². The highest BCUT2D eigenvalue weighted by Crippen LogP contribution is 2.28. The van der Waals surface area contributed by atoms with Crippen molar-refractivity contribution in [2.24, 2.45) is 5.73 Å². The monoisotopic (exact) mass is 450 g/mol. The lowest BCUT2D eigenvalue weighted by Gasteiger charge is -2.18. The van der Waals surface area contributed by atoms with E-state index >= 15 is 0 Å². The van der Waals surface area contributed by atoms with Crippen molar-refractivity contribution in [1.29, 1.82) is 0 Å². The first-order valence-electron chi connectivity index (χ1n) is 9.26. The van der Waals surface area contributed by atoms with E-state index in [9.17, 15) is 14.4 Å². The molecule has 0 saturated carbocycles. The molecule has 1 aliphatic heterocycles. The molecule has 11 heteroatoms. The first kappa shape index (κ1) is 23.9. The topological polar surface area (TPSA) is 150 Å². The Bertz CT molecular complexity index is 1170. The van der Waals surface area contributed by atoms with Crippen molar-refractivity contribution >= 4 is 41.1 Å². The van der Waals surface area contributed by atoms with Crippen LogP contribution in [0.1, 0.15) is 34.4 Å². The maximum Gasteiger partial charge on any atom is 0.374 e. The molecule has 0 unspecified atom stereocenters. The summed E-state index contributed by atoms with van der Waals surface area (Å²) in [5, 5.41) is 3.09. The van der Waals surface area contributed by atoms with Crippen LogP contribution in [-0.2, 0) is 16.1 Å². The van der Waals surface area contributed by atoms with E-state index in [1.54, 1.807) is 20.8 Å². The summed E-state index contributed by atoms with van der Waals surface area (Å²) in [4.78, 5) is 40.5. The Labute approximate surface area is 183 Å². The highest BCUT2D eigenvalue weighted by atomic mass is 35.5. The number of aromatic nitrogens is 2. The minimum absolute atomic E-state index is 0. The number of nitrogens with zero attached hydrogens (tertiary/aromatic N) is 1. The van der Waals surface area contributed by atoms with Crippen LogP contribution in [0.2, 0.25) is 0 Å². The van der Waals surface area contributed by atoms with Gasteiger partial charge in [0, 0.05) is 12.1 Å². The van der Waals surface area contributed by atoms with E-state index < -0.39 is 11.5 Å². The van der Waals surface area contributed by atoms with E-state index in [0.717, 1.165) is 11.1 Å². The maximum absolute atomic E-state index is 11.8. The van der Waals surface area contributed by atoms with Crippen molar-refractivity contribution in [3.05, 3.63) is 51.3 Å². The number of esters is 1.